The summed E-state index contributed by atoms with van der Waals surface area (Å²) in [6.07, 6.45) is 8.90. The van der Waals surface area contributed by atoms with Crippen molar-refractivity contribution in [3.05, 3.63) is 33.3 Å². The molecular formula is C17H21BrClNO. The van der Waals surface area contributed by atoms with Gasteiger partial charge < -0.3 is 4.90 Å². The van der Waals surface area contributed by atoms with E-state index in [1.807, 2.05) is 6.07 Å². The van der Waals surface area contributed by atoms with Crippen LogP contribution in [-0.2, 0) is 0 Å². The molecule has 21 heavy (non-hydrogen) atoms. The lowest BCUT2D eigenvalue weighted by Crippen LogP contribution is -2.40. The zero-order valence-electron chi connectivity index (χ0n) is 12.2. The van der Waals surface area contributed by atoms with Gasteiger partial charge in [0.1, 0.15) is 0 Å². The van der Waals surface area contributed by atoms with E-state index in [1.165, 1.54) is 38.5 Å². The highest BCUT2D eigenvalue weighted by Crippen LogP contribution is 2.35. The second-order valence-electron chi connectivity index (χ2n) is 6.23. The maximum absolute atomic E-state index is 12.9. The Morgan fingerprint density at radius 1 is 1.14 bits per heavy atom. The Hall–Kier alpha value is -0.540. The van der Waals surface area contributed by atoms with Crippen molar-refractivity contribution in [2.24, 2.45) is 5.92 Å². The Morgan fingerprint density at radius 2 is 1.90 bits per heavy atom. The van der Waals surface area contributed by atoms with Gasteiger partial charge in [0.2, 0.25) is 0 Å². The smallest absolute Gasteiger partial charge is 0.255 e. The Kier molecular flexibility index (Phi) is 4.90. The molecule has 1 aromatic carbocycles. The molecule has 1 unspecified atom stereocenters. The number of hydrogen-bond acceptors (Lipinski definition) is 1. The van der Waals surface area contributed by atoms with E-state index in [4.69, 9.17) is 11.6 Å². The third-order valence-electron chi connectivity index (χ3n) is 4.92. The maximum Gasteiger partial charge on any atom is 0.255 e. The zero-order chi connectivity index (χ0) is 14.8. The third kappa shape index (κ3) is 3.29. The van der Waals surface area contributed by atoms with Crippen molar-refractivity contribution in [1.29, 1.82) is 0 Å². The molecule has 4 heteroatoms. The van der Waals surface area contributed by atoms with Gasteiger partial charge in [0.05, 0.1) is 5.56 Å². The van der Waals surface area contributed by atoms with E-state index in [2.05, 4.69) is 20.8 Å². The average molecular weight is 371 g/mol. The number of carbonyl (C=O) groups excluding carboxylic acids is 1. The van der Waals surface area contributed by atoms with Crippen LogP contribution in [0.15, 0.2) is 22.7 Å². The van der Waals surface area contributed by atoms with Crippen molar-refractivity contribution in [1.82, 2.24) is 4.90 Å². The molecule has 0 N–H and O–H groups in total. The van der Waals surface area contributed by atoms with E-state index in [9.17, 15) is 4.79 Å². The highest BCUT2D eigenvalue weighted by molar-refractivity contribution is 9.10. The molecule has 1 amide bonds. The summed E-state index contributed by atoms with van der Waals surface area (Å²) in [7, 11) is 0. The predicted octanol–water partition coefficient (Wildman–Crippen LogP) is 5.29. The van der Waals surface area contributed by atoms with Crippen molar-refractivity contribution in [3.8, 4) is 0 Å². The van der Waals surface area contributed by atoms with Gasteiger partial charge in [-0.15, -0.1) is 0 Å². The second-order valence-corrected chi connectivity index (χ2v) is 7.52. The molecule has 1 aliphatic carbocycles. The Balaban J connectivity index is 1.79. The highest BCUT2D eigenvalue weighted by Gasteiger charge is 2.35. The normalized spacial score (nSPS) is 23.5. The number of carbonyl (C=O) groups is 1. The van der Waals surface area contributed by atoms with Crippen LogP contribution < -0.4 is 0 Å². The van der Waals surface area contributed by atoms with Gasteiger partial charge in [-0.25, -0.2) is 0 Å². The van der Waals surface area contributed by atoms with Gasteiger partial charge in [0, 0.05) is 22.1 Å². The summed E-state index contributed by atoms with van der Waals surface area (Å²) in [4.78, 5) is 15.0. The summed E-state index contributed by atoms with van der Waals surface area (Å²) in [6.45, 7) is 0.898. The van der Waals surface area contributed by atoms with Gasteiger partial charge in [-0.1, -0.05) is 30.9 Å². The first-order chi connectivity index (χ1) is 10.2. The fraction of sp³-hybridized carbons (Fsp3) is 0.588. The van der Waals surface area contributed by atoms with Gasteiger partial charge in [0.15, 0.2) is 0 Å². The molecule has 0 spiro atoms. The Bertz CT molecular complexity index is 528. The zero-order valence-corrected chi connectivity index (χ0v) is 14.5. The molecule has 3 rings (SSSR count). The minimum atomic E-state index is 0.159. The minimum Gasteiger partial charge on any atom is -0.335 e. The number of likely N-dealkylation sites (tertiary alicyclic amines) is 1. The molecule has 1 saturated heterocycles. The van der Waals surface area contributed by atoms with Crippen LogP contribution in [0.4, 0.5) is 0 Å². The standard InChI is InChI=1S/C17H21BrClNO/c18-15-11-13(19)8-9-14(15)17(21)20-10-4-7-16(20)12-5-2-1-3-6-12/h8-9,11-12,16H,1-7,10H2. The van der Waals surface area contributed by atoms with Crippen molar-refractivity contribution in [2.45, 2.75) is 51.0 Å². The predicted molar refractivity (Wildman–Crippen MR) is 89.8 cm³/mol. The number of rotatable bonds is 2. The van der Waals surface area contributed by atoms with Crippen LogP contribution in [0.3, 0.4) is 0 Å². The van der Waals surface area contributed by atoms with Crippen LogP contribution in [0.25, 0.3) is 0 Å². The van der Waals surface area contributed by atoms with E-state index in [1.54, 1.807) is 12.1 Å². The summed E-state index contributed by atoms with van der Waals surface area (Å²) < 4.78 is 0.800. The lowest BCUT2D eigenvalue weighted by Gasteiger charge is -2.34. The van der Waals surface area contributed by atoms with Gasteiger partial charge >= 0.3 is 0 Å². The van der Waals surface area contributed by atoms with E-state index in [0.717, 1.165) is 23.0 Å². The lowest BCUT2D eigenvalue weighted by atomic mass is 9.83. The first-order valence-electron chi connectivity index (χ1n) is 7.93. The van der Waals surface area contributed by atoms with Crippen LogP contribution in [0.1, 0.15) is 55.3 Å². The molecule has 2 fully saturated rings. The lowest BCUT2D eigenvalue weighted by molar-refractivity contribution is 0.0660. The molecule has 2 aliphatic rings. The summed E-state index contributed by atoms with van der Waals surface area (Å²) in [5, 5.41) is 0.656. The molecule has 1 aromatic rings. The number of benzene rings is 1. The van der Waals surface area contributed by atoms with Gasteiger partial charge in [-0.3, -0.25) is 4.79 Å². The van der Waals surface area contributed by atoms with Crippen molar-refractivity contribution >= 4 is 33.4 Å². The molecular weight excluding hydrogens is 350 g/mol. The monoisotopic (exact) mass is 369 g/mol. The molecule has 1 heterocycles. The molecule has 1 saturated carbocycles. The topological polar surface area (TPSA) is 20.3 Å². The largest absolute Gasteiger partial charge is 0.335 e. The number of hydrogen-bond donors (Lipinski definition) is 0. The molecule has 0 radical (unpaired) electrons. The Morgan fingerprint density at radius 3 is 2.62 bits per heavy atom. The second kappa shape index (κ2) is 6.70. The Labute approximate surface area is 140 Å². The van der Waals surface area contributed by atoms with E-state index >= 15 is 0 Å². The third-order valence-corrected chi connectivity index (χ3v) is 5.81. The molecule has 0 aromatic heterocycles. The fourth-order valence-electron chi connectivity index (χ4n) is 3.87. The summed E-state index contributed by atoms with van der Waals surface area (Å²) in [6, 6.07) is 5.89. The maximum atomic E-state index is 12.9. The number of amides is 1. The van der Waals surface area contributed by atoms with Crippen molar-refractivity contribution in [2.75, 3.05) is 6.54 Å². The molecule has 1 atom stereocenters. The van der Waals surface area contributed by atoms with Crippen LogP contribution in [-0.4, -0.2) is 23.4 Å². The SMILES string of the molecule is O=C(c1ccc(Cl)cc1Br)N1CCCC1C1CCCCC1. The van der Waals surface area contributed by atoms with Gasteiger partial charge in [-0.05, 0) is 65.7 Å². The van der Waals surface area contributed by atoms with Crippen LogP contribution in [0, 0.1) is 5.92 Å². The van der Waals surface area contributed by atoms with Gasteiger partial charge in [-0.2, -0.15) is 0 Å². The van der Waals surface area contributed by atoms with Crippen LogP contribution in [0.5, 0.6) is 0 Å². The van der Waals surface area contributed by atoms with Crippen molar-refractivity contribution < 1.29 is 4.79 Å². The van der Waals surface area contributed by atoms with Crippen LogP contribution in [0.2, 0.25) is 5.02 Å². The van der Waals surface area contributed by atoms with Gasteiger partial charge in [0.25, 0.3) is 5.91 Å². The molecule has 2 nitrogen and oxygen atoms in total. The molecule has 0 bridgehead atoms. The molecule has 114 valence electrons. The summed E-state index contributed by atoms with van der Waals surface area (Å²) in [5.74, 6) is 0.864. The van der Waals surface area contributed by atoms with E-state index in [0.29, 0.717) is 17.0 Å². The van der Waals surface area contributed by atoms with E-state index in [-0.39, 0.29) is 5.91 Å². The highest BCUT2D eigenvalue weighted by atomic mass is 79.9. The fourth-order valence-corrected chi connectivity index (χ4v) is 4.72. The first kappa shape index (κ1) is 15.4. The average Bonchev–Trinajstić information content (AvgIpc) is 2.97. The number of halogens is 2. The number of nitrogens with zero attached hydrogens (tertiary/aromatic N) is 1. The molecule has 1 aliphatic heterocycles. The first-order valence-corrected chi connectivity index (χ1v) is 9.10. The summed E-state index contributed by atoms with van der Waals surface area (Å²) >= 11 is 9.46. The van der Waals surface area contributed by atoms with Crippen LogP contribution >= 0.6 is 27.5 Å². The minimum absolute atomic E-state index is 0.159. The quantitative estimate of drug-likeness (QED) is 0.693. The van der Waals surface area contributed by atoms with Crippen molar-refractivity contribution in [3.63, 3.8) is 0 Å². The summed E-state index contributed by atoms with van der Waals surface area (Å²) in [5.41, 5.74) is 0.738. The van der Waals surface area contributed by atoms with E-state index < -0.39 is 0 Å².